The van der Waals surface area contributed by atoms with Crippen molar-refractivity contribution >= 4 is 34.6 Å². The average molecular weight is 217 g/mol. The van der Waals surface area contributed by atoms with Gasteiger partial charge in [0.15, 0.2) is 10.9 Å². The molecule has 0 aliphatic carbocycles. The first-order valence-electron chi connectivity index (χ1n) is 3.54. The number of anilines is 1. The van der Waals surface area contributed by atoms with Crippen molar-refractivity contribution in [2.45, 2.75) is 0 Å². The Hall–Kier alpha value is -1.00. The van der Waals surface area contributed by atoms with Gasteiger partial charge >= 0.3 is 0 Å². The van der Waals surface area contributed by atoms with Gasteiger partial charge < -0.3 is 15.8 Å². The van der Waals surface area contributed by atoms with Crippen LogP contribution < -0.4 is 15.8 Å². The first-order chi connectivity index (χ1) is 6.15. The van der Waals surface area contributed by atoms with Gasteiger partial charge in [0.05, 0.1) is 17.8 Å². The van der Waals surface area contributed by atoms with Crippen molar-refractivity contribution in [2.75, 3.05) is 12.4 Å². The van der Waals surface area contributed by atoms with E-state index in [0.29, 0.717) is 16.5 Å². The van der Waals surface area contributed by atoms with Crippen molar-refractivity contribution in [2.24, 2.45) is 5.73 Å². The van der Waals surface area contributed by atoms with Crippen LogP contribution in [0.2, 0.25) is 5.02 Å². The highest BCUT2D eigenvalue weighted by Crippen LogP contribution is 2.32. The van der Waals surface area contributed by atoms with E-state index in [4.69, 9.17) is 34.3 Å². The normalized spacial score (nSPS) is 9.38. The standard InChI is InChI=1S/C8H9ClN2OS/c1-12-7-5(9)3-2-4-6(7)11-8(10)13/h2-4H,1H3,(H3,10,11,13). The number of ether oxygens (including phenoxy) is 1. The first-order valence-corrected chi connectivity index (χ1v) is 4.32. The Bertz CT molecular complexity index is 330. The second kappa shape index (κ2) is 4.30. The number of halogens is 1. The summed E-state index contributed by atoms with van der Waals surface area (Å²) in [7, 11) is 1.53. The van der Waals surface area contributed by atoms with Gasteiger partial charge in [0, 0.05) is 0 Å². The minimum absolute atomic E-state index is 0.181. The summed E-state index contributed by atoms with van der Waals surface area (Å²) in [6.45, 7) is 0. The second-order valence-electron chi connectivity index (χ2n) is 2.31. The third-order valence-electron chi connectivity index (χ3n) is 1.43. The molecule has 5 heteroatoms. The molecule has 0 aromatic heterocycles. The van der Waals surface area contributed by atoms with Crippen molar-refractivity contribution in [3.05, 3.63) is 23.2 Å². The van der Waals surface area contributed by atoms with Gasteiger partial charge in [0.1, 0.15) is 0 Å². The highest BCUT2D eigenvalue weighted by molar-refractivity contribution is 7.80. The lowest BCUT2D eigenvalue weighted by atomic mass is 10.3. The maximum absolute atomic E-state index is 5.86. The molecule has 0 saturated carbocycles. The molecule has 0 aliphatic heterocycles. The van der Waals surface area contributed by atoms with Crippen LogP contribution >= 0.6 is 23.8 Å². The van der Waals surface area contributed by atoms with Gasteiger partial charge in [0.25, 0.3) is 0 Å². The zero-order valence-corrected chi connectivity index (χ0v) is 8.58. The summed E-state index contributed by atoms with van der Waals surface area (Å²) in [6.07, 6.45) is 0. The van der Waals surface area contributed by atoms with E-state index in [1.54, 1.807) is 18.2 Å². The Morgan fingerprint density at radius 3 is 2.85 bits per heavy atom. The molecule has 0 bridgehead atoms. The summed E-state index contributed by atoms with van der Waals surface area (Å²) in [5, 5.41) is 3.46. The van der Waals surface area contributed by atoms with Crippen molar-refractivity contribution < 1.29 is 4.74 Å². The fourth-order valence-electron chi connectivity index (χ4n) is 0.947. The van der Waals surface area contributed by atoms with Gasteiger partial charge in [-0.2, -0.15) is 0 Å². The van der Waals surface area contributed by atoms with E-state index >= 15 is 0 Å². The number of methoxy groups -OCH3 is 1. The molecule has 70 valence electrons. The van der Waals surface area contributed by atoms with E-state index in [1.807, 2.05) is 0 Å². The minimum Gasteiger partial charge on any atom is -0.493 e. The third kappa shape index (κ3) is 2.47. The van der Waals surface area contributed by atoms with Gasteiger partial charge in [-0.25, -0.2) is 0 Å². The molecule has 1 aromatic carbocycles. The molecule has 0 heterocycles. The molecule has 1 aromatic rings. The number of rotatable bonds is 2. The van der Waals surface area contributed by atoms with Gasteiger partial charge in [-0.15, -0.1) is 0 Å². The maximum Gasteiger partial charge on any atom is 0.168 e. The summed E-state index contributed by atoms with van der Waals surface area (Å²) in [4.78, 5) is 0. The fraction of sp³-hybridized carbons (Fsp3) is 0.125. The largest absolute Gasteiger partial charge is 0.493 e. The van der Waals surface area contributed by atoms with Crippen LogP contribution in [0.15, 0.2) is 18.2 Å². The molecule has 3 N–H and O–H groups in total. The lowest BCUT2D eigenvalue weighted by Crippen LogP contribution is -2.19. The Morgan fingerprint density at radius 1 is 1.62 bits per heavy atom. The molecule has 0 atom stereocenters. The lowest BCUT2D eigenvalue weighted by Gasteiger charge is -2.10. The van der Waals surface area contributed by atoms with Gasteiger partial charge in [-0.3, -0.25) is 0 Å². The molecular formula is C8H9ClN2OS. The summed E-state index contributed by atoms with van der Waals surface area (Å²) in [5.41, 5.74) is 5.99. The summed E-state index contributed by atoms with van der Waals surface area (Å²) in [5.74, 6) is 0.539. The Balaban J connectivity index is 3.05. The number of nitrogens with one attached hydrogen (secondary N) is 1. The molecule has 0 unspecified atom stereocenters. The number of benzene rings is 1. The molecule has 0 radical (unpaired) electrons. The quantitative estimate of drug-likeness (QED) is 0.743. The fourth-order valence-corrected chi connectivity index (χ4v) is 1.31. The SMILES string of the molecule is COc1c(Cl)cccc1NC(N)=S. The van der Waals surface area contributed by atoms with E-state index in [-0.39, 0.29) is 5.11 Å². The molecule has 1 rings (SSSR count). The van der Waals surface area contributed by atoms with Crippen LogP contribution in [-0.4, -0.2) is 12.2 Å². The predicted octanol–water partition coefficient (Wildman–Crippen LogP) is 2.00. The molecule has 0 saturated heterocycles. The van der Waals surface area contributed by atoms with Crippen LogP contribution in [0.5, 0.6) is 5.75 Å². The number of thiocarbonyl (C=S) groups is 1. The van der Waals surface area contributed by atoms with Crippen LogP contribution in [0, 0.1) is 0 Å². The number of hydrogen-bond donors (Lipinski definition) is 2. The Kier molecular flexibility index (Phi) is 3.33. The monoisotopic (exact) mass is 216 g/mol. The van der Waals surface area contributed by atoms with Gasteiger partial charge in [0.2, 0.25) is 0 Å². The van der Waals surface area contributed by atoms with E-state index in [0.717, 1.165) is 0 Å². The molecule has 3 nitrogen and oxygen atoms in total. The van der Waals surface area contributed by atoms with Gasteiger partial charge in [-0.05, 0) is 24.4 Å². The van der Waals surface area contributed by atoms with Crippen LogP contribution in [0.25, 0.3) is 0 Å². The first kappa shape index (κ1) is 10.1. The van der Waals surface area contributed by atoms with E-state index in [2.05, 4.69) is 5.32 Å². The van der Waals surface area contributed by atoms with E-state index < -0.39 is 0 Å². The maximum atomic E-state index is 5.86. The van der Waals surface area contributed by atoms with Crippen molar-refractivity contribution in [1.29, 1.82) is 0 Å². The van der Waals surface area contributed by atoms with Crippen LogP contribution in [0.4, 0.5) is 5.69 Å². The number of nitrogens with two attached hydrogens (primary N) is 1. The zero-order chi connectivity index (χ0) is 9.84. The topological polar surface area (TPSA) is 47.3 Å². The van der Waals surface area contributed by atoms with E-state index in [9.17, 15) is 0 Å². The molecule has 0 amide bonds. The summed E-state index contributed by atoms with van der Waals surface area (Å²) >= 11 is 10.6. The smallest absolute Gasteiger partial charge is 0.168 e. The molecule has 0 fully saturated rings. The lowest BCUT2D eigenvalue weighted by molar-refractivity contribution is 0.417. The minimum atomic E-state index is 0.181. The third-order valence-corrected chi connectivity index (χ3v) is 1.83. The van der Waals surface area contributed by atoms with Crippen molar-refractivity contribution in [1.82, 2.24) is 0 Å². The number of para-hydroxylation sites is 1. The molecule has 0 aliphatic rings. The van der Waals surface area contributed by atoms with Crippen LogP contribution in [0.1, 0.15) is 0 Å². The summed E-state index contributed by atoms with van der Waals surface area (Å²) < 4.78 is 5.07. The Morgan fingerprint density at radius 2 is 2.31 bits per heavy atom. The van der Waals surface area contributed by atoms with E-state index in [1.165, 1.54) is 7.11 Å². The predicted molar refractivity (Wildman–Crippen MR) is 58.4 cm³/mol. The second-order valence-corrected chi connectivity index (χ2v) is 3.16. The molecule has 0 spiro atoms. The highest BCUT2D eigenvalue weighted by Gasteiger charge is 2.06. The molecule has 13 heavy (non-hydrogen) atoms. The Labute approximate surface area is 86.8 Å². The highest BCUT2D eigenvalue weighted by atomic mass is 35.5. The number of hydrogen-bond acceptors (Lipinski definition) is 2. The van der Waals surface area contributed by atoms with Gasteiger partial charge in [-0.1, -0.05) is 17.7 Å². The van der Waals surface area contributed by atoms with Crippen LogP contribution in [-0.2, 0) is 0 Å². The van der Waals surface area contributed by atoms with Crippen LogP contribution in [0.3, 0.4) is 0 Å². The average Bonchev–Trinajstić information content (AvgIpc) is 2.03. The molecular weight excluding hydrogens is 208 g/mol. The van der Waals surface area contributed by atoms with Crippen molar-refractivity contribution in [3.63, 3.8) is 0 Å². The zero-order valence-electron chi connectivity index (χ0n) is 7.00. The summed E-state index contributed by atoms with van der Waals surface area (Å²) in [6, 6.07) is 5.29. The van der Waals surface area contributed by atoms with Crippen molar-refractivity contribution in [3.8, 4) is 5.75 Å².